The molecular weight excluding hydrogens is 304 g/mol. The summed E-state index contributed by atoms with van der Waals surface area (Å²) < 4.78 is 17.9. The highest BCUT2D eigenvalue weighted by molar-refractivity contribution is 5.82. The molecule has 2 atom stereocenters. The molecule has 0 bridgehead atoms. The minimum Gasteiger partial charge on any atom is -0.460 e. The van der Waals surface area contributed by atoms with Gasteiger partial charge < -0.3 is 25.7 Å². The average Bonchev–Trinajstić information content (AvgIpc) is 3.11. The molecule has 0 aliphatic carbocycles. The van der Waals surface area contributed by atoms with E-state index in [1.165, 1.54) is 6.33 Å². The smallest absolute Gasteiger partial charge is 0.305 e. The van der Waals surface area contributed by atoms with Gasteiger partial charge in [0.25, 0.3) is 0 Å². The zero-order valence-electron chi connectivity index (χ0n) is 12.6. The summed E-state index contributed by atoms with van der Waals surface area (Å²) in [5.74, 6) is -0.0135. The average molecular weight is 322 g/mol. The first-order valence-electron chi connectivity index (χ1n) is 7.26. The van der Waals surface area contributed by atoms with Gasteiger partial charge in [0.05, 0.1) is 12.9 Å². The number of nitrogens with two attached hydrogens (primary N) is 2. The molecule has 0 spiro atoms. The molecule has 10 nitrogen and oxygen atoms in total. The van der Waals surface area contributed by atoms with Crippen molar-refractivity contribution in [2.45, 2.75) is 32.3 Å². The van der Waals surface area contributed by atoms with E-state index >= 15 is 0 Å². The molecule has 0 amide bonds. The lowest BCUT2D eigenvalue weighted by Crippen LogP contribution is -2.20. The highest BCUT2D eigenvalue weighted by Crippen LogP contribution is 2.26. The molecule has 1 fully saturated rings. The highest BCUT2D eigenvalue weighted by atomic mass is 16.7. The SMILES string of the molecule is CCCC(=O)OC[C@@H]1OC[C@H](n2cnc3c(N)nc(N)nc32)O1. The van der Waals surface area contributed by atoms with E-state index in [9.17, 15) is 4.79 Å². The van der Waals surface area contributed by atoms with Crippen molar-refractivity contribution in [3.8, 4) is 0 Å². The molecule has 0 unspecified atom stereocenters. The van der Waals surface area contributed by atoms with Crippen LogP contribution in [0, 0.1) is 0 Å². The fourth-order valence-electron chi connectivity index (χ4n) is 2.28. The third-order valence-corrected chi connectivity index (χ3v) is 3.34. The number of carbonyl (C=O) groups is 1. The second kappa shape index (κ2) is 6.34. The summed E-state index contributed by atoms with van der Waals surface area (Å²) >= 11 is 0. The molecule has 0 aromatic carbocycles. The van der Waals surface area contributed by atoms with Gasteiger partial charge in [-0.3, -0.25) is 9.36 Å². The minimum atomic E-state index is -0.630. The Morgan fingerprint density at radius 3 is 3.09 bits per heavy atom. The van der Waals surface area contributed by atoms with E-state index in [2.05, 4.69) is 15.0 Å². The van der Waals surface area contributed by atoms with Crippen molar-refractivity contribution < 1.29 is 19.0 Å². The van der Waals surface area contributed by atoms with Gasteiger partial charge >= 0.3 is 5.97 Å². The lowest BCUT2D eigenvalue weighted by molar-refractivity contribution is -0.159. The number of nitrogens with zero attached hydrogens (tertiary/aromatic N) is 4. The fraction of sp³-hybridized carbons (Fsp3) is 0.538. The Hall–Kier alpha value is -2.46. The molecule has 10 heteroatoms. The van der Waals surface area contributed by atoms with E-state index in [4.69, 9.17) is 25.7 Å². The third kappa shape index (κ3) is 3.17. The summed E-state index contributed by atoms with van der Waals surface area (Å²) in [7, 11) is 0. The third-order valence-electron chi connectivity index (χ3n) is 3.34. The summed E-state index contributed by atoms with van der Waals surface area (Å²) in [4.78, 5) is 23.5. The Morgan fingerprint density at radius 1 is 1.48 bits per heavy atom. The second-order valence-corrected chi connectivity index (χ2v) is 5.08. The predicted molar refractivity (Wildman–Crippen MR) is 79.9 cm³/mol. The zero-order valence-corrected chi connectivity index (χ0v) is 12.6. The largest absolute Gasteiger partial charge is 0.460 e. The normalized spacial score (nSPS) is 20.9. The molecule has 23 heavy (non-hydrogen) atoms. The van der Waals surface area contributed by atoms with E-state index in [1.807, 2.05) is 6.92 Å². The lowest BCUT2D eigenvalue weighted by Gasteiger charge is -2.13. The number of fused-ring (bicyclic) bond motifs is 1. The van der Waals surface area contributed by atoms with Crippen LogP contribution in [0.4, 0.5) is 11.8 Å². The van der Waals surface area contributed by atoms with Crippen molar-refractivity contribution in [3.05, 3.63) is 6.33 Å². The maximum atomic E-state index is 11.4. The van der Waals surface area contributed by atoms with Gasteiger partial charge in [0.15, 0.2) is 24.0 Å². The van der Waals surface area contributed by atoms with E-state index in [0.29, 0.717) is 17.6 Å². The Morgan fingerprint density at radius 2 is 2.30 bits per heavy atom. The lowest BCUT2D eigenvalue weighted by atomic mass is 10.3. The maximum Gasteiger partial charge on any atom is 0.305 e. The Labute approximate surface area is 131 Å². The Balaban J connectivity index is 1.69. The molecule has 3 rings (SSSR count). The Bertz CT molecular complexity index is 718. The summed E-state index contributed by atoms with van der Waals surface area (Å²) in [6.45, 7) is 2.22. The number of aromatic nitrogens is 4. The van der Waals surface area contributed by atoms with Crippen LogP contribution < -0.4 is 11.5 Å². The molecule has 2 aromatic heterocycles. The number of ether oxygens (including phenoxy) is 3. The molecule has 1 saturated heterocycles. The van der Waals surface area contributed by atoms with Crippen molar-refractivity contribution in [3.63, 3.8) is 0 Å². The van der Waals surface area contributed by atoms with Crippen LogP contribution in [-0.2, 0) is 19.0 Å². The van der Waals surface area contributed by atoms with Gasteiger partial charge in [-0.05, 0) is 6.42 Å². The molecule has 124 valence electrons. The topological polar surface area (TPSA) is 140 Å². The van der Waals surface area contributed by atoms with Gasteiger partial charge in [0.2, 0.25) is 5.95 Å². The van der Waals surface area contributed by atoms with E-state index in [1.54, 1.807) is 4.57 Å². The number of hydrogen-bond donors (Lipinski definition) is 2. The van der Waals surface area contributed by atoms with Crippen molar-refractivity contribution in [1.82, 2.24) is 19.5 Å². The summed E-state index contributed by atoms with van der Waals surface area (Å²) in [5, 5.41) is 0. The quantitative estimate of drug-likeness (QED) is 0.738. The van der Waals surface area contributed by atoms with Gasteiger partial charge in [-0.15, -0.1) is 0 Å². The molecule has 1 aliphatic rings. The second-order valence-electron chi connectivity index (χ2n) is 5.08. The van der Waals surface area contributed by atoms with Crippen LogP contribution in [0.2, 0.25) is 0 Å². The van der Waals surface area contributed by atoms with Gasteiger partial charge in [0, 0.05) is 6.42 Å². The van der Waals surface area contributed by atoms with Gasteiger partial charge in [-0.2, -0.15) is 9.97 Å². The van der Waals surface area contributed by atoms with Crippen LogP contribution in [0.1, 0.15) is 26.0 Å². The van der Waals surface area contributed by atoms with Crippen molar-refractivity contribution in [2.75, 3.05) is 24.7 Å². The van der Waals surface area contributed by atoms with Crippen molar-refractivity contribution >= 4 is 28.9 Å². The van der Waals surface area contributed by atoms with Crippen LogP contribution in [-0.4, -0.2) is 45.0 Å². The summed E-state index contributed by atoms with van der Waals surface area (Å²) in [6, 6.07) is 0. The monoisotopic (exact) mass is 322 g/mol. The number of nitrogen functional groups attached to an aromatic ring is 2. The predicted octanol–water partition coefficient (Wildman–Crippen LogP) is 0.206. The standard InChI is InChI=1S/C13H18N6O4/c1-2-3-8(20)21-5-9-22-4-7(23-9)19-6-16-10-11(14)17-13(15)18-12(10)19/h6-7,9H,2-5H2,1H3,(H4,14,15,17,18)/t7-,9-/m1/s1. The first kappa shape index (κ1) is 15.4. The number of rotatable bonds is 5. The minimum absolute atomic E-state index is 0.0429. The number of esters is 1. The highest BCUT2D eigenvalue weighted by Gasteiger charge is 2.30. The molecule has 1 aliphatic heterocycles. The fourth-order valence-corrected chi connectivity index (χ4v) is 2.28. The van der Waals surface area contributed by atoms with E-state index < -0.39 is 12.5 Å². The van der Waals surface area contributed by atoms with Gasteiger partial charge in [-0.25, -0.2) is 4.98 Å². The van der Waals surface area contributed by atoms with Gasteiger partial charge in [0.1, 0.15) is 12.1 Å². The first-order chi connectivity index (χ1) is 11.1. The Kier molecular flexibility index (Phi) is 4.26. The molecule has 0 radical (unpaired) electrons. The molecule has 0 saturated carbocycles. The maximum absolute atomic E-state index is 11.4. The molecule has 2 aromatic rings. The summed E-state index contributed by atoms with van der Waals surface area (Å²) in [6.07, 6.45) is 1.56. The molecular formula is C13H18N6O4. The number of imidazole rings is 1. The summed E-state index contributed by atoms with van der Waals surface area (Å²) in [5.41, 5.74) is 12.3. The molecule has 3 heterocycles. The van der Waals surface area contributed by atoms with Crippen molar-refractivity contribution in [2.24, 2.45) is 0 Å². The van der Waals surface area contributed by atoms with Crippen LogP contribution in [0.3, 0.4) is 0 Å². The number of hydrogen-bond acceptors (Lipinski definition) is 9. The van der Waals surface area contributed by atoms with E-state index in [-0.39, 0.29) is 30.9 Å². The van der Waals surface area contributed by atoms with Crippen LogP contribution in [0.5, 0.6) is 0 Å². The van der Waals surface area contributed by atoms with Crippen LogP contribution in [0.15, 0.2) is 6.33 Å². The van der Waals surface area contributed by atoms with E-state index in [0.717, 1.165) is 6.42 Å². The number of carbonyl (C=O) groups excluding carboxylic acids is 1. The first-order valence-corrected chi connectivity index (χ1v) is 7.26. The molecule has 4 N–H and O–H groups in total. The number of anilines is 2. The van der Waals surface area contributed by atoms with Crippen LogP contribution in [0.25, 0.3) is 11.2 Å². The van der Waals surface area contributed by atoms with Crippen LogP contribution >= 0.6 is 0 Å². The van der Waals surface area contributed by atoms with Crippen molar-refractivity contribution in [1.29, 1.82) is 0 Å². The van der Waals surface area contributed by atoms with Gasteiger partial charge in [-0.1, -0.05) is 6.92 Å². The zero-order chi connectivity index (χ0) is 16.4.